The SMILES string of the molecule is CCCCCCCCCCCCCC(=O)OC1(COCc2ccccc2)C[C@@H](C)C(=O)O1. The molecule has 5 nitrogen and oxygen atoms in total. The van der Waals surface area contributed by atoms with E-state index in [0.29, 0.717) is 19.4 Å². The topological polar surface area (TPSA) is 61.8 Å². The maximum Gasteiger partial charge on any atom is 0.312 e. The standard InChI is InChI=1S/C27H42O5/c1-3-4-5-6-7-8-9-10-11-12-16-19-25(28)31-27(20-23(2)26(29)32-27)22-30-21-24-17-14-13-15-18-24/h13-15,17-18,23H,3-12,16,19-22H2,1-2H3/t23-,27?/m1/s1. The lowest BCUT2D eigenvalue weighted by molar-refractivity contribution is -0.231. The molecule has 0 aliphatic carbocycles. The highest BCUT2D eigenvalue weighted by molar-refractivity contribution is 5.76. The van der Waals surface area contributed by atoms with Crippen molar-refractivity contribution in [2.24, 2.45) is 5.92 Å². The highest BCUT2D eigenvalue weighted by Gasteiger charge is 2.48. The first-order valence-electron chi connectivity index (χ1n) is 12.6. The van der Waals surface area contributed by atoms with Crippen LogP contribution in [-0.2, 0) is 30.4 Å². The lowest BCUT2D eigenvalue weighted by atomic mass is 10.0. The van der Waals surface area contributed by atoms with Crippen LogP contribution in [0.3, 0.4) is 0 Å². The largest absolute Gasteiger partial charge is 0.420 e. The molecule has 2 rings (SSSR count). The van der Waals surface area contributed by atoms with E-state index in [1.54, 1.807) is 6.92 Å². The molecule has 0 saturated carbocycles. The number of unbranched alkanes of at least 4 members (excludes halogenated alkanes) is 10. The molecule has 1 aliphatic heterocycles. The van der Waals surface area contributed by atoms with Gasteiger partial charge in [0.15, 0.2) is 0 Å². The van der Waals surface area contributed by atoms with E-state index in [2.05, 4.69) is 6.92 Å². The molecule has 1 aromatic carbocycles. The Morgan fingerprint density at radius 1 is 0.969 bits per heavy atom. The van der Waals surface area contributed by atoms with Crippen LogP contribution in [0.25, 0.3) is 0 Å². The average Bonchev–Trinajstić information content (AvgIpc) is 3.05. The number of cyclic esters (lactones) is 1. The monoisotopic (exact) mass is 446 g/mol. The van der Waals surface area contributed by atoms with Crippen LogP contribution in [0.1, 0.15) is 103 Å². The number of carbonyl (C=O) groups excluding carboxylic acids is 2. The molecule has 1 aliphatic rings. The fourth-order valence-corrected chi connectivity index (χ4v) is 4.15. The quantitative estimate of drug-likeness (QED) is 0.196. The molecule has 5 heteroatoms. The molecule has 0 spiro atoms. The van der Waals surface area contributed by atoms with Gasteiger partial charge in [-0.25, -0.2) is 0 Å². The van der Waals surface area contributed by atoms with Gasteiger partial charge >= 0.3 is 11.9 Å². The third-order valence-electron chi connectivity index (χ3n) is 6.02. The smallest absolute Gasteiger partial charge is 0.312 e. The average molecular weight is 447 g/mol. The predicted molar refractivity (Wildman–Crippen MR) is 126 cm³/mol. The van der Waals surface area contributed by atoms with Crippen molar-refractivity contribution in [1.29, 1.82) is 0 Å². The number of hydrogen-bond donors (Lipinski definition) is 0. The van der Waals surface area contributed by atoms with E-state index >= 15 is 0 Å². The molecule has 0 amide bonds. The number of rotatable bonds is 17. The second-order valence-electron chi connectivity index (χ2n) is 9.17. The Bertz CT molecular complexity index is 659. The molecular formula is C27H42O5. The minimum absolute atomic E-state index is 0.0575. The van der Waals surface area contributed by atoms with E-state index in [-0.39, 0.29) is 24.5 Å². The van der Waals surface area contributed by atoms with Gasteiger partial charge in [-0.3, -0.25) is 9.59 Å². The van der Waals surface area contributed by atoms with Gasteiger partial charge in [-0.05, 0) is 12.0 Å². The fraction of sp³-hybridized carbons (Fsp3) is 0.704. The van der Waals surface area contributed by atoms with Crippen molar-refractivity contribution < 1.29 is 23.8 Å². The van der Waals surface area contributed by atoms with Gasteiger partial charge in [0.05, 0.1) is 12.5 Å². The summed E-state index contributed by atoms with van der Waals surface area (Å²) in [6, 6.07) is 9.77. The summed E-state index contributed by atoms with van der Waals surface area (Å²) in [5.41, 5.74) is 1.02. The van der Waals surface area contributed by atoms with Crippen molar-refractivity contribution in [1.82, 2.24) is 0 Å². The third-order valence-corrected chi connectivity index (χ3v) is 6.02. The molecule has 0 bridgehead atoms. The van der Waals surface area contributed by atoms with Gasteiger partial charge in [0.2, 0.25) is 0 Å². The van der Waals surface area contributed by atoms with Gasteiger partial charge in [0.1, 0.15) is 6.61 Å². The number of carbonyl (C=O) groups is 2. The van der Waals surface area contributed by atoms with Crippen LogP contribution in [-0.4, -0.2) is 24.3 Å². The van der Waals surface area contributed by atoms with Crippen LogP contribution in [0.2, 0.25) is 0 Å². The molecule has 1 heterocycles. The second kappa shape index (κ2) is 15.0. The molecule has 2 atom stereocenters. The van der Waals surface area contributed by atoms with E-state index in [0.717, 1.165) is 24.8 Å². The van der Waals surface area contributed by atoms with Crippen LogP contribution in [0.5, 0.6) is 0 Å². The Labute approximate surface area is 194 Å². The maximum absolute atomic E-state index is 12.4. The van der Waals surface area contributed by atoms with Crippen LogP contribution in [0, 0.1) is 5.92 Å². The van der Waals surface area contributed by atoms with Crippen LogP contribution < -0.4 is 0 Å². The van der Waals surface area contributed by atoms with Crippen molar-refractivity contribution in [3.05, 3.63) is 35.9 Å². The van der Waals surface area contributed by atoms with Gasteiger partial charge in [-0.15, -0.1) is 0 Å². The van der Waals surface area contributed by atoms with Crippen LogP contribution >= 0.6 is 0 Å². The number of hydrogen-bond acceptors (Lipinski definition) is 5. The Morgan fingerprint density at radius 2 is 1.56 bits per heavy atom. The Kier molecular flexibility index (Phi) is 12.4. The molecule has 1 unspecified atom stereocenters. The summed E-state index contributed by atoms with van der Waals surface area (Å²) in [6.45, 7) is 4.47. The predicted octanol–water partition coefficient (Wildman–Crippen LogP) is 6.73. The van der Waals surface area contributed by atoms with Gasteiger partial charge < -0.3 is 14.2 Å². The molecular weight excluding hydrogens is 404 g/mol. The molecule has 32 heavy (non-hydrogen) atoms. The summed E-state index contributed by atoms with van der Waals surface area (Å²) in [5.74, 6) is -2.24. The highest BCUT2D eigenvalue weighted by atomic mass is 16.8. The summed E-state index contributed by atoms with van der Waals surface area (Å²) in [7, 11) is 0. The highest BCUT2D eigenvalue weighted by Crippen LogP contribution is 2.33. The van der Waals surface area contributed by atoms with E-state index < -0.39 is 5.79 Å². The van der Waals surface area contributed by atoms with Gasteiger partial charge in [-0.2, -0.15) is 0 Å². The minimum atomic E-state index is -1.29. The molecule has 0 aromatic heterocycles. The first-order valence-corrected chi connectivity index (χ1v) is 12.6. The fourth-order valence-electron chi connectivity index (χ4n) is 4.15. The lowest BCUT2D eigenvalue weighted by Gasteiger charge is -2.27. The van der Waals surface area contributed by atoms with Crippen molar-refractivity contribution in [2.75, 3.05) is 6.61 Å². The summed E-state index contributed by atoms with van der Waals surface area (Å²) < 4.78 is 16.9. The Morgan fingerprint density at radius 3 is 2.12 bits per heavy atom. The van der Waals surface area contributed by atoms with Crippen LogP contribution in [0.15, 0.2) is 30.3 Å². The van der Waals surface area contributed by atoms with Crippen molar-refractivity contribution >= 4 is 11.9 Å². The maximum atomic E-state index is 12.4. The van der Waals surface area contributed by atoms with Crippen molar-refractivity contribution in [2.45, 2.75) is 110 Å². The van der Waals surface area contributed by atoms with E-state index in [1.807, 2.05) is 30.3 Å². The van der Waals surface area contributed by atoms with Gasteiger partial charge in [0, 0.05) is 12.8 Å². The molecule has 0 radical (unpaired) electrons. The summed E-state index contributed by atoms with van der Waals surface area (Å²) >= 11 is 0. The third kappa shape index (κ3) is 10.2. The zero-order valence-electron chi connectivity index (χ0n) is 20.1. The molecule has 1 aromatic rings. The normalized spacial score (nSPS) is 20.3. The van der Waals surface area contributed by atoms with Crippen molar-refractivity contribution in [3.8, 4) is 0 Å². The van der Waals surface area contributed by atoms with Crippen LogP contribution in [0.4, 0.5) is 0 Å². The number of ether oxygens (including phenoxy) is 3. The summed E-state index contributed by atoms with van der Waals surface area (Å²) in [5, 5.41) is 0. The summed E-state index contributed by atoms with van der Waals surface area (Å²) in [4.78, 5) is 24.4. The number of benzene rings is 1. The summed E-state index contributed by atoms with van der Waals surface area (Å²) in [6.07, 6.45) is 14.2. The van der Waals surface area contributed by atoms with Crippen molar-refractivity contribution in [3.63, 3.8) is 0 Å². The molecule has 1 saturated heterocycles. The minimum Gasteiger partial charge on any atom is -0.420 e. The molecule has 180 valence electrons. The lowest BCUT2D eigenvalue weighted by Crippen LogP contribution is -2.39. The zero-order valence-corrected chi connectivity index (χ0v) is 20.1. The van der Waals surface area contributed by atoms with E-state index in [1.165, 1.54) is 51.4 Å². The zero-order chi connectivity index (χ0) is 23.1. The number of esters is 2. The second-order valence-corrected chi connectivity index (χ2v) is 9.17. The van der Waals surface area contributed by atoms with Gasteiger partial charge in [0.25, 0.3) is 5.79 Å². The first kappa shape index (κ1) is 26.4. The van der Waals surface area contributed by atoms with E-state index in [9.17, 15) is 9.59 Å². The molecule has 1 fully saturated rings. The van der Waals surface area contributed by atoms with Gasteiger partial charge in [-0.1, -0.05) is 108 Å². The molecule has 0 N–H and O–H groups in total. The Balaban J connectivity index is 1.62. The van der Waals surface area contributed by atoms with E-state index in [4.69, 9.17) is 14.2 Å². The Hall–Kier alpha value is -1.88. The first-order chi connectivity index (χ1) is 15.5.